The lowest BCUT2D eigenvalue weighted by Crippen LogP contribution is -2.41. The van der Waals surface area contributed by atoms with Crippen molar-refractivity contribution in [2.75, 3.05) is 11.9 Å². The van der Waals surface area contributed by atoms with Gasteiger partial charge < -0.3 is 14.6 Å². The first-order valence-corrected chi connectivity index (χ1v) is 6.73. The highest BCUT2D eigenvalue weighted by Gasteiger charge is 2.52. The summed E-state index contributed by atoms with van der Waals surface area (Å²) in [5.74, 6) is -0.194. The summed E-state index contributed by atoms with van der Waals surface area (Å²) in [6.45, 7) is 8.68. The maximum atomic E-state index is 14.5. The Kier molecular flexibility index (Phi) is 2.70. The smallest absolute Gasteiger partial charge is 0.399 e. The molecular weight excluding hydrogens is 244 g/mol. The highest BCUT2D eigenvalue weighted by molar-refractivity contribution is 6.62. The molecule has 2 aliphatic rings. The zero-order valence-electron chi connectivity index (χ0n) is 11.8. The molecule has 0 unspecified atom stereocenters. The number of halogens is 1. The molecule has 2 aliphatic heterocycles. The first-order chi connectivity index (χ1) is 8.82. The van der Waals surface area contributed by atoms with Crippen LogP contribution in [0.25, 0.3) is 0 Å². The van der Waals surface area contributed by atoms with Crippen molar-refractivity contribution in [2.24, 2.45) is 0 Å². The maximum Gasteiger partial charge on any atom is 0.497 e. The van der Waals surface area contributed by atoms with Gasteiger partial charge in [0.2, 0.25) is 0 Å². The number of nitrogens with one attached hydrogen (secondary N) is 1. The maximum absolute atomic E-state index is 14.5. The highest BCUT2D eigenvalue weighted by Crippen LogP contribution is 2.37. The van der Waals surface area contributed by atoms with Crippen molar-refractivity contribution in [3.8, 4) is 0 Å². The third kappa shape index (κ3) is 1.87. The predicted octanol–water partition coefficient (Wildman–Crippen LogP) is 2.09. The fourth-order valence-corrected chi connectivity index (χ4v) is 2.52. The van der Waals surface area contributed by atoms with Crippen molar-refractivity contribution in [3.63, 3.8) is 0 Å². The summed E-state index contributed by atoms with van der Waals surface area (Å²) in [6.07, 6.45) is 0.717. The van der Waals surface area contributed by atoms with Crippen molar-refractivity contribution < 1.29 is 13.7 Å². The summed E-state index contributed by atoms with van der Waals surface area (Å²) in [6, 6.07) is 3.67. The average molecular weight is 263 g/mol. The molecule has 0 spiro atoms. The van der Waals surface area contributed by atoms with Gasteiger partial charge in [0, 0.05) is 23.3 Å². The molecule has 3 nitrogen and oxygen atoms in total. The molecule has 0 aromatic heterocycles. The monoisotopic (exact) mass is 263 g/mol. The van der Waals surface area contributed by atoms with Crippen LogP contribution in [0, 0.1) is 5.82 Å². The molecule has 0 bridgehead atoms. The Morgan fingerprint density at radius 1 is 1.16 bits per heavy atom. The van der Waals surface area contributed by atoms with Crippen LogP contribution in [0.4, 0.5) is 10.1 Å². The largest absolute Gasteiger partial charge is 0.497 e. The molecule has 2 heterocycles. The summed E-state index contributed by atoms with van der Waals surface area (Å²) in [4.78, 5) is 0. The fraction of sp³-hybridized carbons (Fsp3) is 0.571. The van der Waals surface area contributed by atoms with E-state index in [1.54, 1.807) is 6.07 Å². The number of benzene rings is 1. The van der Waals surface area contributed by atoms with Crippen molar-refractivity contribution in [1.82, 2.24) is 0 Å². The lowest BCUT2D eigenvalue weighted by atomic mass is 9.77. The van der Waals surface area contributed by atoms with Crippen LogP contribution in [0.15, 0.2) is 12.1 Å². The van der Waals surface area contributed by atoms with Gasteiger partial charge in [-0.25, -0.2) is 4.39 Å². The minimum Gasteiger partial charge on any atom is -0.399 e. The third-order valence-corrected chi connectivity index (χ3v) is 4.47. The molecule has 0 radical (unpaired) electrons. The lowest BCUT2D eigenvalue weighted by molar-refractivity contribution is 0.00578. The predicted molar refractivity (Wildman–Crippen MR) is 74.3 cm³/mol. The SMILES string of the molecule is CC1(C)OB(c2ccc3c(c2F)CCN3)OC1(C)C. The molecule has 0 atom stereocenters. The quantitative estimate of drug-likeness (QED) is 0.787. The van der Waals surface area contributed by atoms with E-state index in [2.05, 4.69) is 5.32 Å². The van der Waals surface area contributed by atoms with Crippen LogP contribution in [0.1, 0.15) is 33.3 Å². The van der Waals surface area contributed by atoms with E-state index in [1.165, 1.54) is 0 Å². The Hall–Kier alpha value is -1.07. The highest BCUT2D eigenvalue weighted by atomic mass is 19.1. The molecule has 0 saturated carbocycles. The Labute approximate surface area is 113 Å². The summed E-state index contributed by atoms with van der Waals surface area (Å²) in [5, 5.41) is 3.17. The number of hydrogen-bond acceptors (Lipinski definition) is 3. The van der Waals surface area contributed by atoms with E-state index in [0.29, 0.717) is 11.9 Å². The van der Waals surface area contributed by atoms with Crippen LogP contribution in [0.5, 0.6) is 0 Å². The van der Waals surface area contributed by atoms with Crippen LogP contribution in [-0.4, -0.2) is 24.9 Å². The normalized spacial score (nSPS) is 23.3. The van der Waals surface area contributed by atoms with E-state index in [0.717, 1.165) is 17.8 Å². The van der Waals surface area contributed by atoms with Gasteiger partial charge in [0.1, 0.15) is 5.82 Å². The summed E-state index contributed by atoms with van der Waals surface area (Å²) >= 11 is 0. The average Bonchev–Trinajstić information content (AvgIpc) is 2.83. The molecule has 3 rings (SSSR count). The van der Waals surface area contributed by atoms with E-state index < -0.39 is 18.3 Å². The van der Waals surface area contributed by atoms with Crippen molar-refractivity contribution in [1.29, 1.82) is 0 Å². The van der Waals surface area contributed by atoms with Gasteiger partial charge in [-0.1, -0.05) is 6.07 Å². The number of fused-ring (bicyclic) bond motifs is 1. The number of anilines is 1. The van der Waals surface area contributed by atoms with Crippen LogP contribution in [0.3, 0.4) is 0 Å². The van der Waals surface area contributed by atoms with E-state index in [9.17, 15) is 4.39 Å². The molecule has 0 amide bonds. The summed E-state index contributed by atoms with van der Waals surface area (Å²) in [5.41, 5.74) is 1.24. The van der Waals surface area contributed by atoms with E-state index in [-0.39, 0.29) is 5.82 Å². The van der Waals surface area contributed by atoms with E-state index in [1.807, 2.05) is 33.8 Å². The Morgan fingerprint density at radius 2 is 1.79 bits per heavy atom. The molecule has 1 fully saturated rings. The minimum atomic E-state index is -0.629. The molecule has 102 valence electrons. The second-order valence-corrected chi connectivity index (χ2v) is 6.26. The minimum absolute atomic E-state index is 0.194. The van der Waals surface area contributed by atoms with Crippen LogP contribution < -0.4 is 10.8 Å². The molecule has 1 saturated heterocycles. The van der Waals surface area contributed by atoms with E-state index in [4.69, 9.17) is 9.31 Å². The van der Waals surface area contributed by atoms with Crippen LogP contribution in [-0.2, 0) is 15.7 Å². The zero-order chi connectivity index (χ0) is 13.8. The van der Waals surface area contributed by atoms with Crippen molar-refractivity contribution in [2.45, 2.75) is 45.3 Å². The first kappa shape index (κ1) is 12.9. The molecule has 1 N–H and O–H groups in total. The van der Waals surface area contributed by atoms with Crippen LogP contribution >= 0.6 is 0 Å². The zero-order valence-corrected chi connectivity index (χ0v) is 11.8. The number of hydrogen-bond donors (Lipinski definition) is 1. The van der Waals surface area contributed by atoms with Gasteiger partial charge in [-0.2, -0.15) is 0 Å². The van der Waals surface area contributed by atoms with Crippen LogP contribution in [0.2, 0.25) is 0 Å². The summed E-state index contributed by atoms with van der Waals surface area (Å²) < 4.78 is 26.3. The topological polar surface area (TPSA) is 30.5 Å². The lowest BCUT2D eigenvalue weighted by Gasteiger charge is -2.32. The molecular formula is C14H19BFNO2. The summed E-state index contributed by atoms with van der Waals surface area (Å²) in [7, 11) is -0.629. The Morgan fingerprint density at radius 3 is 2.42 bits per heavy atom. The van der Waals surface area contributed by atoms with Gasteiger partial charge in [0.15, 0.2) is 0 Å². The van der Waals surface area contributed by atoms with Gasteiger partial charge in [-0.05, 0) is 40.2 Å². The molecule has 1 aromatic carbocycles. The van der Waals surface area contributed by atoms with Crippen molar-refractivity contribution >= 4 is 18.3 Å². The molecule has 0 aliphatic carbocycles. The Bertz CT molecular complexity index is 514. The van der Waals surface area contributed by atoms with E-state index >= 15 is 0 Å². The fourth-order valence-electron chi connectivity index (χ4n) is 2.52. The Balaban J connectivity index is 1.97. The second-order valence-electron chi connectivity index (χ2n) is 6.26. The van der Waals surface area contributed by atoms with Gasteiger partial charge >= 0.3 is 7.12 Å². The standard InChI is InChI=1S/C14H19BFNO2/c1-13(2)14(3,4)19-15(18-13)10-5-6-11-9(12(10)16)7-8-17-11/h5-6,17H,7-8H2,1-4H3. The molecule has 1 aromatic rings. The third-order valence-electron chi connectivity index (χ3n) is 4.47. The van der Waals surface area contributed by atoms with Gasteiger partial charge in [0.25, 0.3) is 0 Å². The second kappa shape index (κ2) is 3.96. The molecule has 5 heteroatoms. The van der Waals surface area contributed by atoms with Crippen molar-refractivity contribution in [3.05, 3.63) is 23.5 Å². The molecule has 19 heavy (non-hydrogen) atoms. The van der Waals surface area contributed by atoms with Gasteiger partial charge in [0.05, 0.1) is 11.2 Å². The van der Waals surface area contributed by atoms with Gasteiger partial charge in [-0.3, -0.25) is 0 Å². The number of rotatable bonds is 1. The van der Waals surface area contributed by atoms with Gasteiger partial charge in [-0.15, -0.1) is 0 Å². The first-order valence-electron chi connectivity index (χ1n) is 6.73.